The third-order valence-corrected chi connectivity index (χ3v) is 6.28. The van der Waals surface area contributed by atoms with Crippen LogP contribution in [-0.2, 0) is 4.79 Å². The molecule has 8 nitrogen and oxygen atoms in total. The molecule has 1 fully saturated rings. The summed E-state index contributed by atoms with van der Waals surface area (Å²) in [4.78, 5) is 38.2. The molecule has 5 rings (SSSR count). The van der Waals surface area contributed by atoms with Crippen LogP contribution >= 0.6 is 0 Å². The maximum atomic E-state index is 13.7. The highest BCUT2D eigenvalue weighted by Crippen LogP contribution is 2.25. The first kappa shape index (κ1) is 23.2. The number of nitrogens with zero attached hydrogens (tertiary/aromatic N) is 3. The molecule has 36 heavy (non-hydrogen) atoms. The van der Waals surface area contributed by atoms with E-state index in [2.05, 4.69) is 20.2 Å². The minimum Gasteiger partial charge on any atom is -0.497 e. The van der Waals surface area contributed by atoms with Gasteiger partial charge in [0.05, 0.1) is 7.11 Å². The van der Waals surface area contributed by atoms with E-state index >= 15 is 0 Å². The molecule has 3 heterocycles. The van der Waals surface area contributed by atoms with Crippen LogP contribution in [0.3, 0.4) is 0 Å². The van der Waals surface area contributed by atoms with Crippen molar-refractivity contribution in [2.45, 2.75) is 0 Å². The molecule has 2 aromatic carbocycles. The minimum atomic E-state index is -0.334. The summed E-state index contributed by atoms with van der Waals surface area (Å²) >= 11 is 0. The van der Waals surface area contributed by atoms with Crippen LogP contribution in [0.25, 0.3) is 17.0 Å². The summed E-state index contributed by atoms with van der Waals surface area (Å²) in [7, 11) is 1.61. The number of rotatable bonds is 6. The molecule has 1 aliphatic heterocycles. The van der Waals surface area contributed by atoms with E-state index in [4.69, 9.17) is 4.74 Å². The van der Waals surface area contributed by atoms with E-state index in [0.29, 0.717) is 37.5 Å². The lowest BCUT2D eigenvalue weighted by Gasteiger charge is -2.35. The second-order valence-electron chi connectivity index (χ2n) is 8.50. The molecule has 0 bridgehead atoms. The van der Waals surface area contributed by atoms with Crippen LogP contribution < -0.4 is 15.0 Å². The van der Waals surface area contributed by atoms with Gasteiger partial charge in [0, 0.05) is 60.6 Å². The number of carbonyl (C=O) groups is 2. The first-order chi connectivity index (χ1) is 17.6. The van der Waals surface area contributed by atoms with Gasteiger partial charge in [0.15, 0.2) is 0 Å². The molecular weight excluding hydrogens is 454 g/mol. The fraction of sp³-hybridized carbons (Fsp3) is 0.179. The van der Waals surface area contributed by atoms with Crippen LogP contribution in [0.1, 0.15) is 15.9 Å². The number of ether oxygens (including phenoxy) is 1. The van der Waals surface area contributed by atoms with E-state index in [1.54, 1.807) is 48.5 Å². The highest BCUT2D eigenvalue weighted by atomic mass is 16.5. The summed E-state index contributed by atoms with van der Waals surface area (Å²) in [6.45, 7) is 2.37. The number of methoxy groups -OCH3 is 1. The number of anilines is 1. The molecule has 1 saturated heterocycles. The zero-order chi connectivity index (χ0) is 24.9. The second kappa shape index (κ2) is 10.4. The van der Waals surface area contributed by atoms with Crippen molar-refractivity contribution in [2.24, 2.45) is 0 Å². The summed E-state index contributed by atoms with van der Waals surface area (Å²) in [5.74, 6) is 1.05. The van der Waals surface area contributed by atoms with Crippen LogP contribution in [0.5, 0.6) is 5.75 Å². The Bertz CT molecular complexity index is 1390. The number of amides is 2. The molecule has 2 aromatic heterocycles. The van der Waals surface area contributed by atoms with Crippen LogP contribution in [0, 0.1) is 0 Å². The molecule has 0 unspecified atom stereocenters. The number of aromatic amines is 1. The Morgan fingerprint density at radius 3 is 2.50 bits per heavy atom. The number of pyridine rings is 1. The number of piperazine rings is 1. The molecule has 2 amide bonds. The maximum Gasteiger partial charge on any atom is 0.270 e. The minimum absolute atomic E-state index is 0.221. The van der Waals surface area contributed by atoms with Crippen molar-refractivity contribution in [3.05, 3.63) is 95.9 Å². The van der Waals surface area contributed by atoms with Gasteiger partial charge in [0.1, 0.15) is 17.3 Å². The van der Waals surface area contributed by atoms with Crippen molar-refractivity contribution in [2.75, 3.05) is 38.2 Å². The number of nitrogens with one attached hydrogen (secondary N) is 2. The largest absolute Gasteiger partial charge is 0.497 e. The zero-order valence-electron chi connectivity index (χ0n) is 20.0. The van der Waals surface area contributed by atoms with Crippen molar-refractivity contribution >= 4 is 34.6 Å². The predicted octanol–water partition coefficient (Wildman–Crippen LogP) is 3.69. The van der Waals surface area contributed by atoms with Crippen molar-refractivity contribution in [1.29, 1.82) is 0 Å². The normalized spacial score (nSPS) is 14.1. The van der Waals surface area contributed by atoms with Gasteiger partial charge in [-0.1, -0.05) is 24.3 Å². The Hall–Kier alpha value is -4.59. The summed E-state index contributed by atoms with van der Waals surface area (Å²) < 4.78 is 5.37. The number of benzene rings is 2. The van der Waals surface area contributed by atoms with Gasteiger partial charge in [-0.15, -0.1) is 0 Å². The average molecular weight is 482 g/mol. The zero-order valence-corrected chi connectivity index (χ0v) is 20.0. The second-order valence-corrected chi connectivity index (χ2v) is 8.50. The quantitative estimate of drug-likeness (QED) is 0.410. The van der Waals surface area contributed by atoms with E-state index in [0.717, 1.165) is 22.3 Å². The van der Waals surface area contributed by atoms with E-state index in [1.165, 1.54) is 0 Å². The van der Waals surface area contributed by atoms with E-state index in [-0.39, 0.29) is 17.5 Å². The Kier molecular flexibility index (Phi) is 6.66. The standard InChI is InChI=1S/C28H27N5O3/c1-36-22-10-11-24-23(18-22)21(19-30-24)17-25(31-27(34)20-7-3-2-4-8-20)28(35)33-15-13-32(14-16-33)26-9-5-6-12-29-26/h2-12,17-19,30H,13-16H2,1H3,(H,31,34)/b25-17+. The summed E-state index contributed by atoms with van der Waals surface area (Å²) in [5, 5.41) is 3.76. The number of aromatic nitrogens is 2. The molecule has 1 aliphatic rings. The van der Waals surface area contributed by atoms with Crippen molar-refractivity contribution < 1.29 is 14.3 Å². The van der Waals surface area contributed by atoms with Gasteiger partial charge >= 0.3 is 0 Å². The van der Waals surface area contributed by atoms with Gasteiger partial charge in [-0.05, 0) is 48.5 Å². The summed E-state index contributed by atoms with van der Waals surface area (Å²) in [6, 6.07) is 20.4. The lowest BCUT2D eigenvalue weighted by atomic mass is 10.1. The van der Waals surface area contributed by atoms with Gasteiger partial charge in [-0.2, -0.15) is 0 Å². The van der Waals surface area contributed by atoms with E-state index in [1.807, 2.05) is 48.7 Å². The lowest BCUT2D eigenvalue weighted by Crippen LogP contribution is -2.50. The van der Waals surface area contributed by atoms with E-state index in [9.17, 15) is 9.59 Å². The molecule has 8 heteroatoms. The highest BCUT2D eigenvalue weighted by Gasteiger charge is 2.26. The smallest absolute Gasteiger partial charge is 0.270 e. The van der Waals surface area contributed by atoms with Gasteiger partial charge in [-0.25, -0.2) is 4.98 Å². The average Bonchev–Trinajstić information content (AvgIpc) is 3.35. The lowest BCUT2D eigenvalue weighted by molar-refractivity contribution is -0.127. The first-order valence-electron chi connectivity index (χ1n) is 11.8. The van der Waals surface area contributed by atoms with Gasteiger partial charge in [-0.3, -0.25) is 9.59 Å². The van der Waals surface area contributed by atoms with Crippen LogP contribution in [0.15, 0.2) is 84.8 Å². The molecule has 0 saturated carbocycles. The number of carbonyl (C=O) groups excluding carboxylic acids is 2. The first-order valence-corrected chi connectivity index (χ1v) is 11.8. The molecular formula is C28H27N5O3. The number of H-pyrrole nitrogens is 1. The van der Waals surface area contributed by atoms with Gasteiger partial charge in [0.25, 0.3) is 11.8 Å². The Morgan fingerprint density at radius 1 is 1.00 bits per heavy atom. The number of fused-ring (bicyclic) bond motifs is 1. The maximum absolute atomic E-state index is 13.7. The van der Waals surface area contributed by atoms with Gasteiger partial charge < -0.3 is 24.8 Å². The van der Waals surface area contributed by atoms with Crippen LogP contribution in [0.2, 0.25) is 0 Å². The molecule has 2 N–H and O–H groups in total. The fourth-order valence-corrected chi connectivity index (χ4v) is 4.31. The topological polar surface area (TPSA) is 90.6 Å². The van der Waals surface area contributed by atoms with Crippen molar-refractivity contribution in [3.8, 4) is 5.75 Å². The summed E-state index contributed by atoms with van der Waals surface area (Å²) in [5.41, 5.74) is 2.40. The number of hydrogen-bond acceptors (Lipinski definition) is 5. The Morgan fingerprint density at radius 2 is 1.78 bits per heavy atom. The van der Waals surface area contributed by atoms with Crippen molar-refractivity contribution in [3.63, 3.8) is 0 Å². The summed E-state index contributed by atoms with van der Waals surface area (Å²) in [6.07, 6.45) is 5.32. The fourth-order valence-electron chi connectivity index (χ4n) is 4.31. The van der Waals surface area contributed by atoms with Crippen LogP contribution in [-0.4, -0.2) is 60.0 Å². The van der Waals surface area contributed by atoms with E-state index < -0.39 is 0 Å². The number of hydrogen-bond donors (Lipinski definition) is 2. The molecule has 0 aliphatic carbocycles. The van der Waals surface area contributed by atoms with Gasteiger partial charge in [0.2, 0.25) is 0 Å². The third-order valence-electron chi connectivity index (χ3n) is 6.28. The molecule has 182 valence electrons. The SMILES string of the molecule is COc1ccc2[nH]cc(/C=C(/NC(=O)c3ccccc3)C(=O)N3CCN(c4ccccn4)CC3)c2c1. The Labute approximate surface area is 209 Å². The van der Waals surface area contributed by atoms with Crippen LogP contribution in [0.4, 0.5) is 5.82 Å². The highest BCUT2D eigenvalue weighted by molar-refractivity contribution is 6.06. The monoisotopic (exact) mass is 481 g/mol. The molecule has 0 atom stereocenters. The predicted molar refractivity (Wildman–Crippen MR) is 140 cm³/mol. The Balaban J connectivity index is 1.42. The molecule has 0 radical (unpaired) electrons. The molecule has 0 spiro atoms. The molecule has 4 aromatic rings. The van der Waals surface area contributed by atoms with Crippen molar-refractivity contribution in [1.82, 2.24) is 20.2 Å². The third kappa shape index (κ3) is 4.93.